The van der Waals surface area contributed by atoms with E-state index in [1.165, 1.54) is 24.3 Å². The molecule has 160 valence electrons. The van der Waals surface area contributed by atoms with Crippen molar-refractivity contribution in [1.82, 2.24) is 9.80 Å². The Morgan fingerprint density at radius 2 is 1.47 bits per heavy atom. The Morgan fingerprint density at radius 1 is 0.800 bits per heavy atom. The molecular formula is C24H27F3N2O. The van der Waals surface area contributed by atoms with Gasteiger partial charge in [0, 0.05) is 31.2 Å². The maximum atomic E-state index is 13.4. The Bertz CT molecular complexity index is 882. The molecule has 0 N–H and O–H groups in total. The Balaban J connectivity index is 1.40. The minimum atomic E-state index is -0.657. The van der Waals surface area contributed by atoms with E-state index in [2.05, 4.69) is 4.90 Å². The summed E-state index contributed by atoms with van der Waals surface area (Å²) in [5.41, 5.74) is 1.53. The van der Waals surface area contributed by atoms with Crippen molar-refractivity contribution in [3.05, 3.63) is 71.0 Å². The van der Waals surface area contributed by atoms with Crippen LogP contribution in [0.15, 0.2) is 42.5 Å². The summed E-state index contributed by atoms with van der Waals surface area (Å²) in [4.78, 5) is 17.1. The third-order valence-corrected chi connectivity index (χ3v) is 6.58. The van der Waals surface area contributed by atoms with Crippen LogP contribution in [0.4, 0.5) is 13.2 Å². The molecule has 0 radical (unpaired) electrons. The number of rotatable bonds is 4. The molecule has 2 saturated heterocycles. The lowest BCUT2D eigenvalue weighted by Gasteiger charge is -2.38. The summed E-state index contributed by atoms with van der Waals surface area (Å²) in [5, 5.41) is 0. The van der Waals surface area contributed by atoms with Crippen LogP contribution in [-0.2, 0) is 17.8 Å². The fourth-order valence-electron chi connectivity index (χ4n) is 5.05. The highest BCUT2D eigenvalue weighted by Crippen LogP contribution is 2.39. The highest BCUT2D eigenvalue weighted by atomic mass is 19.1. The molecule has 0 bridgehead atoms. The molecule has 0 aromatic heterocycles. The molecule has 2 aromatic carbocycles. The van der Waals surface area contributed by atoms with E-state index in [-0.39, 0.29) is 23.7 Å². The van der Waals surface area contributed by atoms with Crippen molar-refractivity contribution in [2.45, 2.75) is 50.6 Å². The molecule has 0 aliphatic carbocycles. The van der Waals surface area contributed by atoms with Crippen molar-refractivity contribution >= 4 is 5.91 Å². The van der Waals surface area contributed by atoms with E-state index in [0.717, 1.165) is 56.8 Å². The van der Waals surface area contributed by atoms with Crippen molar-refractivity contribution in [3.8, 4) is 0 Å². The minimum Gasteiger partial charge on any atom is -0.342 e. The smallest absolute Gasteiger partial charge is 0.226 e. The van der Waals surface area contributed by atoms with Crippen molar-refractivity contribution in [2.75, 3.05) is 19.6 Å². The van der Waals surface area contributed by atoms with Gasteiger partial charge in [-0.15, -0.1) is 0 Å². The predicted molar refractivity (Wildman–Crippen MR) is 109 cm³/mol. The summed E-state index contributed by atoms with van der Waals surface area (Å²) >= 11 is 0. The van der Waals surface area contributed by atoms with E-state index in [0.29, 0.717) is 18.7 Å². The standard InChI is InChI=1S/C24H27F3N2O/c25-20-5-3-18(4-6-20)17-29-11-2-8-24(29)7-1-10-28(12-9-24)23(30)15-19-13-21(26)16-22(27)14-19/h3-6,13-14,16H,1-2,7-12,15,17H2/t24-/m0/s1. The molecule has 3 nitrogen and oxygen atoms in total. The van der Waals surface area contributed by atoms with Crippen LogP contribution in [0.3, 0.4) is 0 Å². The van der Waals surface area contributed by atoms with Gasteiger partial charge in [-0.3, -0.25) is 9.69 Å². The molecule has 6 heteroatoms. The number of carbonyl (C=O) groups excluding carboxylic acids is 1. The molecule has 1 spiro atoms. The second kappa shape index (κ2) is 8.80. The number of likely N-dealkylation sites (tertiary alicyclic amines) is 2. The first-order valence-electron chi connectivity index (χ1n) is 10.7. The average molecular weight is 416 g/mol. The van der Waals surface area contributed by atoms with Crippen LogP contribution in [0.2, 0.25) is 0 Å². The predicted octanol–water partition coefficient (Wildman–Crippen LogP) is 4.69. The molecule has 2 aromatic rings. The number of benzene rings is 2. The molecule has 0 saturated carbocycles. The molecule has 0 unspecified atom stereocenters. The molecule has 1 amide bonds. The van der Waals surface area contributed by atoms with Crippen molar-refractivity contribution in [3.63, 3.8) is 0 Å². The van der Waals surface area contributed by atoms with Gasteiger partial charge in [-0.05, 0) is 74.0 Å². The van der Waals surface area contributed by atoms with Gasteiger partial charge < -0.3 is 4.90 Å². The van der Waals surface area contributed by atoms with Crippen LogP contribution in [0, 0.1) is 17.5 Å². The zero-order valence-corrected chi connectivity index (χ0v) is 17.0. The van der Waals surface area contributed by atoms with E-state index >= 15 is 0 Å². The molecule has 30 heavy (non-hydrogen) atoms. The van der Waals surface area contributed by atoms with Crippen LogP contribution < -0.4 is 0 Å². The average Bonchev–Trinajstić information content (AvgIpc) is 2.93. The topological polar surface area (TPSA) is 23.6 Å². The number of amides is 1. The van der Waals surface area contributed by atoms with Crippen LogP contribution in [0.5, 0.6) is 0 Å². The molecule has 2 fully saturated rings. The number of carbonyl (C=O) groups is 1. The van der Waals surface area contributed by atoms with Crippen LogP contribution in [0.25, 0.3) is 0 Å². The van der Waals surface area contributed by atoms with Gasteiger partial charge in [0.1, 0.15) is 17.5 Å². The van der Waals surface area contributed by atoms with Crippen LogP contribution in [0.1, 0.15) is 43.2 Å². The Labute approximate surface area is 175 Å². The van der Waals surface area contributed by atoms with E-state index in [4.69, 9.17) is 0 Å². The summed E-state index contributed by atoms with van der Waals surface area (Å²) in [5.74, 6) is -1.62. The SMILES string of the molecule is O=C(Cc1cc(F)cc(F)c1)N1CCC[C@]2(CCCN2Cc2ccc(F)cc2)CC1. The van der Waals surface area contributed by atoms with Gasteiger partial charge in [-0.25, -0.2) is 13.2 Å². The Hall–Kier alpha value is -2.34. The van der Waals surface area contributed by atoms with Crippen molar-refractivity contribution in [1.29, 1.82) is 0 Å². The number of nitrogens with zero attached hydrogens (tertiary/aromatic N) is 2. The van der Waals surface area contributed by atoms with E-state index < -0.39 is 11.6 Å². The number of hydrogen-bond donors (Lipinski definition) is 0. The first-order valence-corrected chi connectivity index (χ1v) is 10.7. The van der Waals surface area contributed by atoms with Crippen molar-refractivity contribution < 1.29 is 18.0 Å². The van der Waals surface area contributed by atoms with Gasteiger partial charge >= 0.3 is 0 Å². The summed E-state index contributed by atoms with van der Waals surface area (Å²) < 4.78 is 40.1. The lowest BCUT2D eigenvalue weighted by Crippen LogP contribution is -2.44. The van der Waals surface area contributed by atoms with Gasteiger partial charge in [0.05, 0.1) is 6.42 Å². The largest absolute Gasteiger partial charge is 0.342 e. The zero-order chi connectivity index (χ0) is 21.1. The normalized spacial score (nSPS) is 22.4. The summed E-state index contributed by atoms with van der Waals surface area (Å²) in [6.07, 6.45) is 5.05. The highest BCUT2D eigenvalue weighted by Gasteiger charge is 2.41. The third kappa shape index (κ3) is 4.69. The molecule has 2 aliphatic rings. The molecule has 1 atom stereocenters. The lowest BCUT2D eigenvalue weighted by molar-refractivity contribution is -0.130. The Kier molecular flexibility index (Phi) is 6.14. The lowest BCUT2D eigenvalue weighted by atomic mass is 9.87. The fourth-order valence-corrected chi connectivity index (χ4v) is 5.05. The number of hydrogen-bond acceptors (Lipinski definition) is 2. The molecular weight excluding hydrogens is 389 g/mol. The van der Waals surface area contributed by atoms with Gasteiger partial charge in [-0.2, -0.15) is 0 Å². The molecule has 2 heterocycles. The highest BCUT2D eigenvalue weighted by molar-refractivity contribution is 5.78. The summed E-state index contributed by atoms with van der Waals surface area (Å²) in [6, 6.07) is 9.95. The first-order chi connectivity index (χ1) is 14.4. The fraction of sp³-hybridized carbons (Fsp3) is 0.458. The third-order valence-electron chi connectivity index (χ3n) is 6.58. The summed E-state index contributed by atoms with van der Waals surface area (Å²) in [6.45, 7) is 3.12. The summed E-state index contributed by atoms with van der Waals surface area (Å²) in [7, 11) is 0. The molecule has 4 rings (SSSR count). The van der Waals surface area contributed by atoms with E-state index in [1.807, 2.05) is 17.0 Å². The van der Waals surface area contributed by atoms with Gasteiger partial charge in [0.2, 0.25) is 5.91 Å². The Morgan fingerprint density at radius 3 is 2.17 bits per heavy atom. The van der Waals surface area contributed by atoms with E-state index in [1.54, 1.807) is 0 Å². The maximum absolute atomic E-state index is 13.4. The second-order valence-corrected chi connectivity index (χ2v) is 8.56. The quantitative estimate of drug-likeness (QED) is 0.722. The van der Waals surface area contributed by atoms with Gasteiger partial charge in [-0.1, -0.05) is 12.1 Å². The zero-order valence-electron chi connectivity index (χ0n) is 17.0. The van der Waals surface area contributed by atoms with Crippen molar-refractivity contribution in [2.24, 2.45) is 0 Å². The maximum Gasteiger partial charge on any atom is 0.226 e. The first kappa shape index (κ1) is 20.9. The number of halogens is 3. The monoisotopic (exact) mass is 416 g/mol. The minimum absolute atomic E-state index is 0.0149. The van der Waals surface area contributed by atoms with Gasteiger partial charge in [0.25, 0.3) is 0 Å². The van der Waals surface area contributed by atoms with Crippen LogP contribution in [-0.4, -0.2) is 40.9 Å². The second-order valence-electron chi connectivity index (χ2n) is 8.56. The van der Waals surface area contributed by atoms with E-state index in [9.17, 15) is 18.0 Å². The molecule has 2 aliphatic heterocycles. The van der Waals surface area contributed by atoms with Crippen LogP contribution >= 0.6 is 0 Å². The van der Waals surface area contributed by atoms with Gasteiger partial charge in [0.15, 0.2) is 0 Å².